The van der Waals surface area contributed by atoms with Gasteiger partial charge in [0.2, 0.25) is 0 Å². The number of hydrogen-bond donors (Lipinski definition) is 1. The summed E-state index contributed by atoms with van der Waals surface area (Å²) in [6.45, 7) is 0. The summed E-state index contributed by atoms with van der Waals surface area (Å²) in [5, 5.41) is 4.80. The van der Waals surface area contributed by atoms with Crippen LogP contribution in [0.15, 0.2) is 0 Å². The van der Waals surface area contributed by atoms with Crippen LogP contribution in [0.4, 0.5) is 0 Å². The molecule has 3 fully saturated rings. The average molecular weight is 212 g/mol. The maximum Gasteiger partial charge on any atom is 0.0981 e. The third kappa shape index (κ3) is 1.71. The maximum atomic E-state index is 2.77. The molecule has 2 N–H and O–H groups in total. The number of rotatable bonds is 0. The van der Waals surface area contributed by atoms with E-state index in [-0.39, 0.29) is 0 Å². The quantitative estimate of drug-likeness (QED) is 0.649. The van der Waals surface area contributed by atoms with Gasteiger partial charge in [-0.2, -0.15) is 0 Å². The zero-order valence-electron chi connectivity index (χ0n) is 8.95. The van der Waals surface area contributed by atoms with E-state index in [0.717, 1.165) is 22.6 Å². The van der Waals surface area contributed by atoms with E-state index in [2.05, 4.69) is 17.1 Å². The molecule has 2 aliphatic carbocycles. The molecule has 0 radical (unpaired) electrons. The van der Waals surface area contributed by atoms with Gasteiger partial charge in [-0.25, -0.2) is 0 Å². The minimum atomic E-state index is 0.994. The molecule has 14 heavy (non-hydrogen) atoms. The summed E-state index contributed by atoms with van der Waals surface area (Å²) in [6, 6.07) is 1.99. The first-order valence-electron chi connectivity index (χ1n) is 6.44. The summed E-state index contributed by atoms with van der Waals surface area (Å²) >= 11 is 2.37. The molecule has 80 valence electrons. The second-order valence-electron chi connectivity index (χ2n) is 5.30. The highest BCUT2D eigenvalue weighted by Gasteiger charge is 2.42. The minimum Gasteiger partial charge on any atom is -0.340 e. The molecule has 1 nitrogen and oxygen atoms in total. The lowest BCUT2D eigenvalue weighted by atomic mass is 9.89. The van der Waals surface area contributed by atoms with E-state index in [0.29, 0.717) is 0 Å². The van der Waals surface area contributed by atoms with Crippen LogP contribution in [0.5, 0.6) is 0 Å². The largest absolute Gasteiger partial charge is 0.340 e. The Bertz CT molecular complexity index is 164. The molecule has 0 unspecified atom stereocenters. The zero-order chi connectivity index (χ0) is 9.38. The van der Waals surface area contributed by atoms with Crippen molar-refractivity contribution in [1.29, 1.82) is 0 Å². The lowest BCUT2D eigenvalue weighted by Gasteiger charge is -2.43. The third-order valence-corrected chi connectivity index (χ3v) is 6.22. The molecule has 0 spiro atoms. The van der Waals surface area contributed by atoms with E-state index in [1.165, 1.54) is 51.4 Å². The van der Waals surface area contributed by atoms with E-state index in [1.54, 1.807) is 0 Å². The molecule has 0 aromatic rings. The van der Waals surface area contributed by atoms with E-state index >= 15 is 0 Å². The van der Waals surface area contributed by atoms with Crippen molar-refractivity contribution in [2.75, 3.05) is 0 Å². The molecule has 0 aromatic carbocycles. The number of hydrogen-bond acceptors (Lipinski definition) is 1. The van der Waals surface area contributed by atoms with Crippen molar-refractivity contribution >= 4 is 11.8 Å². The standard InChI is InChI=1S/C12H21NS/c1-3-7-11-9(5-1)13-10-6-2-4-8-12(10)14-11/h9-13H,1-8H2/p+1/t9-,10+,11+,12-. The highest BCUT2D eigenvalue weighted by atomic mass is 32.2. The molecule has 1 heterocycles. The van der Waals surface area contributed by atoms with Gasteiger partial charge in [-0.3, -0.25) is 0 Å². The molecular weight excluding hydrogens is 190 g/mol. The van der Waals surface area contributed by atoms with Crippen LogP contribution in [0.25, 0.3) is 0 Å². The summed E-state index contributed by atoms with van der Waals surface area (Å²) in [7, 11) is 0. The van der Waals surface area contributed by atoms with Crippen LogP contribution < -0.4 is 5.32 Å². The van der Waals surface area contributed by atoms with E-state index in [4.69, 9.17) is 0 Å². The third-order valence-electron chi connectivity index (χ3n) is 4.35. The molecule has 0 amide bonds. The molecule has 0 bridgehead atoms. The smallest absolute Gasteiger partial charge is 0.0981 e. The van der Waals surface area contributed by atoms with E-state index < -0.39 is 0 Å². The van der Waals surface area contributed by atoms with Gasteiger partial charge >= 0.3 is 0 Å². The molecule has 1 saturated heterocycles. The van der Waals surface area contributed by atoms with Crippen molar-refractivity contribution in [3.05, 3.63) is 0 Å². The Kier molecular flexibility index (Phi) is 2.76. The van der Waals surface area contributed by atoms with Crippen LogP contribution in [0.1, 0.15) is 51.4 Å². The van der Waals surface area contributed by atoms with Gasteiger partial charge in [0.15, 0.2) is 0 Å². The van der Waals surface area contributed by atoms with Gasteiger partial charge in [0, 0.05) is 12.8 Å². The molecular formula is C12H22NS+. The summed E-state index contributed by atoms with van der Waals surface area (Å²) in [5.74, 6) is 0. The number of quaternary nitrogens is 1. The van der Waals surface area contributed by atoms with Crippen LogP contribution in [-0.2, 0) is 0 Å². The Balaban J connectivity index is 1.68. The first-order chi connectivity index (χ1) is 6.93. The second kappa shape index (κ2) is 4.05. The zero-order valence-corrected chi connectivity index (χ0v) is 9.77. The lowest BCUT2D eigenvalue weighted by molar-refractivity contribution is -0.726. The fourth-order valence-corrected chi connectivity index (χ4v) is 5.48. The monoisotopic (exact) mass is 212 g/mol. The van der Waals surface area contributed by atoms with Crippen molar-refractivity contribution in [2.24, 2.45) is 0 Å². The summed E-state index contributed by atoms with van der Waals surface area (Å²) in [5.41, 5.74) is 0. The Morgan fingerprint density at radius 3 is 1.79 bits per heavy atom. The molecule has 3 rings (SSSR count). The van der Waals surface area contributed by atoms with Gasteiger partial charge in [-0.05, 0) is 25.7 Å². The van der Waals surface area contributed by atoms with Crippen LogP contribution in [0.3, 0.4) is 0 Å². The normalized spacial score (nSPS) is 48.0. The first-order valence-corrected chi connectivity index (χ1v) is 7.38. The summed E-state index contributed by atoms with van der Waals surface area (Å²) in [4.78, 5) is 0. The van der Waals surface area contributed by atoms with Gasteiger partial charge < -0.3 is 5.32 Å². The number of nitrogens with two attached hydrogens (primary N) is 1. The van der Waals surface area contributed by atoms with Gasteiger partial charge in [0.1, 0.15) is 0 Å². The molecule has 2 saturated carbocycles. The van der Waals surface area contributed by atoms with Gasteiger partial charge in [0.25, 0.3) is 0 Å². The van der Waals surface area contributed by atoms with Crippen LogP contribution in [-0.4, -0.2) is 22.6 Å². The lowest BCUT2D eigenvalue weighted by Crippen LogP contribution is -3.00. The SMILES string of the molecule is C1CC[C@H]2S[C@H]3CCCC[C@H]3[NH2+][C@H]2C1. The van der Waals surface area contributed by atoms with Crippen molar-refractivity contribution in [3.63, 3.8) is 0 Å². The molecule has 3 aliphatic rings. The van der Waals surface area contributed by atoms with E-state index in [1.807, 2.05) is 0 Å². The van der Waals surface area contributed by atoms with Crippen LogP contribution in [0, 0.1) is 0 Å². The topological polar surface area (TPSA) is 16.6 Å². The van der Waals surface area contributed by atoms with Gasteiger partial charge in [0.05, 0.1) is 22.6 Å². The van der Waals surface area contributed by atoms with Crippen LogP contribution >= 0.6 is 11.8 Å². The van der Waals surface area contributed by atoms with Crippen LogP contribution in [0.2, 0.25) is 0 Å². The second-order valence-corrected chi connectivity index (χ2v) is 6.79. The first kappa shape index (κ1) is 9.53. The highest BCUT2D eigenvalue weighted by Crippen LogP contribution is 2.38. The summed E-state index contributed by atoms with van der Waals surface area (Å²) in [6.07, 6.45) is 12.0. The van der Waals surface area contributed by atoms with E-state index in [9.17, 15) is 0 Å². The summed E-state index contributed by atoms with van der Waals surface area (Å²) < 4.78 is 0. The number of fused-ring (bicyclic) bond motifs is 2. The Morgan fingerprint density at radius 2 is 1.21 bits per heavy atom. The molecule has 0 aromatic heterocycles. The predicted molar refractivity (Wildman–Crippen MR) is 61.6 cm³/mol. The Labute approximate surface area is 91.4 Å². The van der Waals surface area contributed by atoms with Crippen molar-refractivity contribution in [1.82, 2.24) is 0 Å². The van der Waals surface area contributed by atoms with Gasteiger partial charge in [-0.1, -0.05) is 12.8 Å². The predicted octanol–water partition coefficient (Wildman–Crippen LogP) is 1.92. The average Bonchev–Trinajstić information content (AvgIpc) is 2.26. The Morgan fingerprint density at radius 1 is 0.714 bits per heavy atom. The van der Waals surface area contributed by atoms with Crippen molar-refractivity contribution < 1.29 is 5.32 Å². The maximum absolute atomic E-state index is 2.77. The molecule has 4 atom stereocenters. The number of thioether (sulfide) groups is 1. The van der Waals surface area contributed by atoms with Crippen molar-refractivity contribution in [3.8, 4) is 0 Å². The minimum absolute atomic E-state index is 0.994. The highest BCUT2D eigenvalue weighted by molar-refractivity contribution is 8.00. The molecule has 1 aliphatic heterocycles. The fraction of sp³-hybridized carbons (Fsp3) is 1.00. The fourth-order valence-electron chi connectivity index (χ4n) is 3.57. The Hall–Kier alpha value is 0.310. The van der Waals surface area contributed by atoms with Gasteiger partial charge in [-0.15, -0.1) is 11.8 Å². The van der Waals surface area contributed by atoms with Crippen molar-refractivity contribution in [2.45, 2.75) is 74.0 Å². The molecule has 2 heteroatoms.